The minimum absolute atomic E-state index is 0.870. The van der Waals surface area contributed by atoms with E-state index in [1.54, 1.807) is 0 Å². The molecule has 0 radical (unpaired) electrons. The van der Waals surface area contributed by atoms with Crippen molar-refractivity contribution in [3.05, 3.63) is 218 Å². The van der Waals surface area contributed by atoms with Crippen molar-refractivity contribution in [2.75, 3.05) is 4.90 Å². The lowest BCUT2D eigenvalue weighted by molar-refractivity contribution is 0.670. The van der Waals surface area contributed by atoms with Gasteiger partial charge in [-0.2, -0.15) is 0 Å². The topological polar surface area (TPSA) is 21.3 Å². The SMILES string of the molecule is c1ccc(-c2ccc(N(c3ccccc3)c3cc(-c4cccc(-n5c6ccccc6c6ccccc65)c4)c4oc5ccccc5c4c3)cc2-c2ccccc2)cc1. The van der Waals surface area contributed by atoms with Gasteiger partial charge in [0.25, 0.3) is 0 Å². The van der Waals surface area contributed by atoms with Crippen LogP contribution in [0.5, 0.6) is 0 Å². The van der Waals surface area contributed by atoms with Crippen molar-refractivity contribution >= 4 is 60.8 Å². The highest BCUT2D eigenvalue weighted by atomic mass is 16.3. The van der Waals surface area contributed by atoms with Gasteiger partial charge in [-0.15, -0.1) is 0 Å². The first-order chi connectivity index (χ1) is 28.3. The minimum Gasteiger partial charge on any atom is -0.455 e. The van der Waals surface area contributed by atoms with Crippen LogP contribution in [0.1, 0.15) is 0 Å². The van der Waals surface area contributed by atoms with Gasteiger partial charge in [0.2, 0.25) is 0 Å². The summed E-state index contributed by atoms with van der Waals surface area (Å²) in [7, 11) is 0. The molecule has 0 saturated carbocycles. The molecule has 0 saturated heterocycles. The molecule has 0 aliphatic heterocycles. The van der Waals surface area contributed by atoms with Gasteiger partial charge in [0, 0.05) is 49.9 Å². The maximum absolute atomic E-state index is 6.77. The second-order valence-electron chi connectivity index (χ2n) is 14.5. The highest BCUT2D eigenvalue weighted by molar-refractivity contribution is 6.12. The second-order valence-corrected chi connectivity index (χ2v) is 14.5. The van der Waals surface area contributed by atoms with Crippen molar-refractivity contribution in [1.29, 1.82) is 0 Å². The molecular weight excluding hydrogens is 693 g/mol. The smallest absolute Gasteiger partial charge is 0.143 e. The third-order valence-corrected chi connectivity index (χ3v) is 11.2. The third kappa shape index (κ3) is 5.60. The molecule has 11 rings (SSSR count). The Morgan fingerprint density at radius 1 is 0.333 bits per heavy atom. The molecule has 2 aromatic heterocycles. The van der Waals surface area contributed by atoms with E-state index in [1.807, 2.05) is 6.07 Å². The molecule has 0 bridgehead atoms. The molecule has 0 amide bonds. The van der Waals surface area contributed by atoms with Crippen molar-refractivity contribution in [3.63, 3.8) is 0 Å². The maximum atomic E-state index is 6.77. The number of fused-ring (bicyclic) bond motifs is 6. The first kappa shape index (κ1) is 32.8. The zero-order valence-electron chi connectivity index (χ0n) is 31.1. The van der Waals surface area contributed by atoms with Crippen LogP contribution in [0.25, 0.3) is 82.8 Å². The molecular formula is C54H36N2O. The van der Waals surface area contributed by atoms with Gasteiger partial charge in [-0.1, -0.05) is 152 Å². The predicted molar refractivity (Wildman–Crippen MR) is 239 cm³/mol. The van der Waals surface area contributed by atoms with Crippen LogP contribution < -0.4 is 4.90 Å². The Bertz CT molecular complexity index is 3180. The summed E-state index contributed by atoms with van der Waals surface area (Å²) in [5.74, 6) is 0. The van der Waals surface area contributed by atoms with Crippen LogP contribution in [0.4, 0.5) is 17.1 Å². The van der Waals surface area contributed by atoms with E-state index < -0.39 is 0 Å². The van der Waals surface area contributed by atoms with E-state index in [1.165, 1.54) is 44.1 Å². The van der Waals surface area contributed by atoms with E-state index in [4.69, 9.17) is 4.42 Å². The summed E-state index contributed by atoms with van der Waals surface area (Å²) in [6.45, 7) is 0. The zero-order valence-corrected chi connectivity index (χ0v) is 31.1. The third-order valence-electron chi connectivity index (χ3n) is 11.2. The van der Waals surface area contributed by atoms with Crippen molar-refractivity contribution in [3.8, 4) is 39.1 Å². The average Bonchev–Trinajstić information content (AvgIpc) is 3.83. The van der Waals surface area contributed by atoms with E-state index in [2.05, 4.69) is 222 Å². The number of hydrogen-bond acceptors (Lipinski definition) is 2. The Balaban J connectivity index is 1.16. The lowest BCUT2D eigenvalue weighted by atomic mass is 9.93. The molecule has 0 N–H and O–H groups in total. The Morgan fingerprint density at radius 2 is 0.895 bits per heavy atom. The molecule has 57 heavy (non-hydrogen) atoms. The van der Waals surface area contributed by atoms with Crippen molar-refractivity contribution in [2.45, 2.75) is 0 Å². The van der Waals surface area contributed by atoms with Gasteiger partial charge in [-0.05, 0) is 94.5 Å². The fourth-order valence-corrected chi connectivity index (χ4v) is 8.59. The van der Waals surface area contributed by atoms with Crippen LogP contribution >= 0.6 is 0 Å². The fourth-order valence-electron chi connectivity index (χ4n) is 8.59. The average molecular weight is 729 g/mol. The molecule has 0 aliphatic rings. The molecule has 268 valence electrons. The normalized spacial score (nSPS) is 11.5. The van der Waals surface area contributed by atoms with Crippen LogP contribution in [0.2, 0.25) is 0 Å². The standard InChI is InChI=1S/C54H36N2O/c1-4-17-37(18-5-1)44-32-31-42(34-48(44)38-19-6-2-7-20-38)55(40-22-8-3-9-23-40)43-35-49(54-50(36-43)47-27-12-15-30-53(47)57-54)39-21-16-24-41(33-39)56-51-28-13-10-25-45(51)46-26-11-14-29-52(46)56/h1-36H. The summed E-state index contributed by atoms with van der Waals surface area (Å²) >= 11 is 0. The maximum Gasteiger partial charge on any atom is 0.143 e. The summed E-state index contributed by atoms with van der Waals surface area (Å²) in [5.41, 5.74) is 15.2. The van der Waals surface area contributed by atoms with Crippen LogP contribution in [-0.2, 0) is 0 Å². The monoisotopic (exact) mass is 728 g/mol. The molecule has 0 fully saturated rings. The van der Waals surface area contributed by atoms with Gasteiger partial charge in [0.05, 0.1) is 11.0 Å². The molecule has 0 atom stereocenters. The van der Waals surface area contributed by atoms with Crippen LogP contribution in [0.15, 0.2) is 223 Å². The number of rotatable bonds is 7. The Labute approximate surface area is 330 Å². The molecule has 3 nitrogen and oxygen atoms in total. The molecule has 3 heteroatoms. The van der Waals surface area contributed by atoms with E-state index in [0.29, 0.717) is 0 Å². The van der Waals surface area contributed by atoms with E-state index in [9.17, 15) is 0 Å². The van der Waals surface area contributed by atoms with E-state index >= 15 is 0 Å². The van der Waals surface area contributed by atoms with Crippen LogP contribution in [-0.4, -0.2) is 4.57 Å². The number of para-hydroxylation sites is 4. The summed E-state index contributed by atoms with van der Waals surface area (Å²) < 4.78 is 9.15. The van der Waals surface area contributed by atoms with Gasteiger partial charge in [0.15, 0.2) is 0 Å². The minimum atomic E-state index is 0.870. The summed E-state index contributed by atoms with van der Waals surface area (Å²) in [4.78, 5) is 2.38. The van der Waals surface area contributed by atoms with E-state index in [0.717, 1.165) is 55.8 Å². The summed E-state index contributed by atoms with van der Waals surface area (Å²) in [6.07, 6.45) is 0. The number of nitrogens with zero attached hydrogens (tertiary/aromatic N) is 2. The van der Waals surface area contributed by atoms with Crippen LogP contribution in [0, 0.1) is 0 Å². The summed E-state index contributed by atoms with van der Waals surface area (Å²) in [5, 5.41) is 4.65. The highest BCUT2D eigenvalue weighted by Crippen LogP contribution is 2.45. The fraction of sp³-hybridized carbons (Fsp3) is 0. The summed E-state index contributed by atoms with van der Waals surface area (Å²) in [6, 6.07) is 78.1. The van der Waals surface area contributed by atoms with Gasteiger partial charge < -0.3 is 13.9 Å². The van der Waals surface area contributed by atoms with Gasteiger partial charge >= 0.3 is 0 Å². The predicted octanol–water partition coefficient (Wildman–Crippen LogP) is 15.2. The lowest BCUT2D eigenvalue weighted by Gasteiger charge is -2.27. The molecule has 0 unspecified atom stereocenters. The van der Waals surface area contributed by atoms with Gasteiger partial charge in [0.1, 0.15) is 11.2 Å². The molecule has 0 aliphatic carbocycles. The zero-order chi connectivity index (χ0) is 37.7. The second kappa shape index (κ2) is 13.6. The van der Waals surface area contributed by atoms with E-state index in [-0.39, 0.29) is 0 Å². The van der Waals surface area contributed by atoms with Crippen molar-refractivity contribution in [1.82, 2.24) is 4.57 Å². The van der Waals surface area contributed by atoms with Crippen molar-refractivity contribution < 1.29 is 4.42 Å². The first-order valence-electron chi connectivity index (χ1n) is 19.4. The largest absolute Gasteiger partial charge is 0.455 e. The quantitative estimate of drug-likeness (QED) is 0.163. The molecule has 9 aromatic carbocycles. The van der Waals surface area contributed by atoms with Crippen molar-refractivity contribution in [2.24, 2.45) is 0 Å². The Hall–Kier alpha value is -7.62. The molecule has 2 heterocycles. The number of benzene rings is 9. The molecule has 11 aromatic rings. The van der Waals surface area contributed by atoms with Gasteiger partial charge in [-0.3, -0.25) is 0 Å². The number of anilines is 3. The molecule has 0 spiro atoms. The van der Waals surface area contributed by atoms with Crippen LogP contribution in [0.3, 0.4) is 0 Å². The number of hydrogen-bond donors (Lipinski definition) is 0. The number of aromatic nitrogens is 1. The number of furan rings is 1. The Kier molecular flexibility index (Phi) is 7.82. The van der Waals surface area contributed by atoms with Gasteiger partial charge in [-0.25, -0.2) is 0 Å². The Morgan fingerprint density at radius 3 is 1.60 bits per heavy atom. The first-order valence-corrected chi connectivity index (χ1v) is 19.4. The lowest BCUT2D eigenvalue weighted by Crippen LogP contribution is -2.10. The highest BCUT2D eigenvalue weighted by Gasteiger charge is 2.22.